The molecule has 7 nitrogen and oxygen atoms in total. The van der Waals surface area contributed by atoms with Crippen LogP contribution in [0.5, 0.6) is 0 Å². The van der Waals surface area contributed by atoms with Crippen LogP contribution >= 0.6 is 27.7 Å². The Morgan fingerprint density at radius 1 is 1.40 bits per heavy atom. The molecule has 0 atom stereocenters. The number of thioether (sulfide) groups is 1. The van der Waals surface area contributed by atoms with E-state index in [0.717, 1.165) is 10.0 Å². The molecule has 130 valence electrons. The number of aromatic nitrogens is 2. The third kappa shape index (κ3) is 4.29. The Morgan fingerprint density at radius 3 is 2.88 bits per heavy atom. The number of halogens is 1. The molecule has 1 aromatic heterocycles. The van der Waals surface area contributed by atoms with Crippen LogP contribution in [-0.4, -0.2) is 39.3 Å². The first-order valence-electron chi connectivity index (χ1n) is 7.46. The topological polar surface area (TPSA) is 85.5 Å². The van der Waals surface area contributed by atoms with E-state index in [2.05, 4.69) is 26.1 Å². The summed E-state index contributed by atoms with van der Waals surface area (Å²) in [6.07, 6.45) is 1.31. The highest BCUT2D eigenvalue weighted by Crippen LogP contribution is 2.30. The quantitative estimate of drug-likeness (QED) is 0.539. The molecule has 0 radical (unpaired) electrons. The van der Waals surface area contributed by atoms with Crippen LogP contribution < -0.4 is 0 Å². The molecule has 9 heteroatoms. The Bertz CT molecular complexity index is 819. The number of amides is 1. The molecule has 1 saturated heterocycles. The van der Waals surface area contributed by atoms with Crippen LogP contribution in [0.15, 0.2) is 44.3 Å². The summed E-state index contributed by atoms with van der Waals surface area (Å²) in [5, 5.41) is 8.52. The largest absolute Gasteiger partial charge is 0.463 e. The normalized spacial score (nSPS) is 15.8. The van der Waals surface area contributed by atoms with E-state index in [4.69, 9.17) is 9.15 Å². The molecule has 0 bridgehead atoms. The Hall–Kier alpha value is -2.13. The molecule has 2 heterocycles. The zero-order valence-corrected chi connectivity index (χ0v) is 15.7. The van der Waals surface area contributed by atoms with E-state index in [1.807, 2.05) is 24.3 Å². The number of nitrogens with zero attached hydrogens (tertiary/aromatic N) is 3. The minimum absolute atomic E-state index is 0.112. The van der Waals surface area contributed by atoms with Crippen LogP contribution in [0.1, 0.15) is 12.8 Å². The van der Waals surface area contributed by atoms with Gasteiger partial charge in [-0.3, -0.25) is 9.69 Å². The van der Waals surface area contributed by atoms with Crippen LogP contribution in [0, 0.1) is 0 Å². The van der Waals surface area contributed by atoms with Gasteiger partial charge in [0.05, 0.1) is 23.5 Å². The van der Waals surface area contributed by atoms with Crippen molar-refractivity contribution in [3.8, 4) is 11.5 Å². The average molecular weight is 424 g/mol. The minimum Gasteiger partial charge on any atom is -0.463 e. The summed E-state index contributed by atoms with van der Waals surface area (Å²) < 4.78 is 11.5. The third-order valence-electron chi connectivity index (χ3n) is 3.29. The fourth-order valence-electron chi connectivity index (χ4n) is 2.15. The van der Waals surface area contributed by atoms with Gasteiger partial charge in [0, 0.05) is 10.0 Å². The zero-order chi connectivity index (χ0) is 17.8. The molecular weight excluding hydrogens is 410 g/mol. The van der Waals surface area contributed by atoms with Gasteiger partial charge in [-0.1, -0.05) is 27.7 Å². The Kier molecular flexibility index (Phi) is 5.54. The first kappa shape index (κ1) is 17.7. The SMILES string of the molecule is CCOC(=O)/C=C1\SCC(=O)N1Cc1nnc(-c2ccc(Br)cc2)o1. The van der Waals surface area contributed by atoms with E-state index in [1.165, 1.54) is 22.7 Å². The minimum atomic E-state index is -0.481. The molecule has 3 rings (SSSR count). The molecule has 1 amide bonds. The van der Waals surface area contributed by atoms with Gasteiger partial charge in [-0.05, 0) is 31.2 Å². The summed E-state index contributed by atoms with van der Waals surface area (Å²) in [6.45, 7) is 2.12. The number of benzene rings is 1. The molecule has 0 saturated carbocycles. The van der Waals surface area contributed by atoms with Crippen molar-refractivity contribution in [1.82, 2.24) is 15.1 Å². The molecular formula is C16H14BrN3O4S. The molecule has 1 aliphatic rings. The van der Waals surface area contributed by atoms with Gasteiger partial charge in [-0.2, -0.15) is 0 Å². The maximum absolute atomic E-state index is 12.1. The van der Waals surface area contributed by atoms with Gasteiger partial charge in [0.25, 0.3) is 0 Å². The van der Waals surface area contributed by atoms with Crippen LogP contribution in [0.25, 0.3) is 11.5 Å². The summed E-state index contributed by atoms with van der Waals surface area (Å²) in [6, 6.07) is 7.45. The second-order valence-electron chi connectivity index (χ2n) is 5.01. The van der Waals surface area contributed by atoms with Crippen LogP contribution in [-0.2, 0) is 20.9 Å². The van der Waals surface area contributed by atoms with Gasteiger partial charge >= 0.3 is 5.97 Å². The fourth-order valence-corrected chi connectivity index (χ4v) is 3.34. The Morgan fingerprint density at radius 2 is 2.16 bits per heavy atom. The van der Waals surface area contributed by atoms with Crippen LogP contribution in [0.2, 0.25) is 0 Å². The predicted molar refractivity (Wildman–Crippen MR) is 95.2 cm³/mol. The second-order valence-corrected chi connectivity index (χ2v) is 6.92. The molecule has 0 N–H and O–H groups in total. The molecule has 2 aromatic rings. The smallest absolute Gasteiger partial charge is 0.333 e. The van der Waals surface area contributed by atoms with E-state index in [1.54, 1.807) is 6.92 Å². The number of carbonyl (C=O) groups excluding carboxylic acids is 2. The monoisotopic (exact) mass is 423 g/mol. The van der Waals surface area contributed by atoms with Gasteiger partial charge in [0.15, 0.2) is 0 Å². The van der Waals surface area contributed by atoms with E-state index in [-0.39, 0.29) is 24.8 Å². The predicted octanol–water partition coefficient (Wildman–Crippen LogP) is 2.98. The Balaban J connectivity index is 1.75. The van der Waals surface area contributed by atoms with Crippen molar-refractivity contribution < 1.29 is 18.7 Å². The molecule has 1 aliphatic heterocycles. The summed E-state index contributed by atoms with van der Waals surface area (Å²) in [5.74, 6) is 0.329. The highest BCUT2D eigenvalue weighted by molar-refractivity contribution is 9.10. The van der Waals surface area contributed by atoms with Gasteiger partial charge in [0.2, 0.25) is 17.7 Å². The van der Waals surface area contributed by atoms with Crippen molar-refractivity contribution in [2.24, 2.45) is 0 Å². The van der Waals surface area contributed by atoms with Gasteiger partial charge in [-0.25, -0.2) is 4.79 Å². The van der Waals surface area contributed by atoms with Crippen LogP contribution in [0.4, 0.5) is 0 Å². The maximum atomic E-state index is 12.1. The number of ether oxygens (including phenoxy) is 1. The zero-order valence-electron chi connectivity index (χ0n) is 13.3. The van der Waals surface area contributed by atoms with E-state index in [9.17, 15) is 9.59 Å². The second kappa shape index (κ2) is 7.83. The first-order valence-corrected chi connectivity index (χ1v) is 9.24. The lowest BCUT2D eigenvalue weighted by Gasteiger charge is -2.14. The van der Waals surface area contributed by atoms with Gasteiger partial charge in [-0.15, -0.1) is 10.2 Å². The van der Waals surface area contributed by atoms with E-state index < -0.39 is 5.97 Å². The molecule has 0 aliphatic carbocycles. The summed E-state index contributed by atoms with van der Waals surface area (Å²) in [5.41, 5.74) is 0.784. The molecule has 0 spiro atoms. The lowest BCUT2D eigenvalue weighted by Crippen LogP contribution is -2.24. The lowest BCUT2D eigenvalue weighted by molar-refractivity contribution is -0.137. The summed E-state index contributed by atoms with van der Waals surface area (Å²) >= 11 is 4.65. The van der Waals surface area contributed by atoms with Crippen molar-refractivity contribution in [2.75, 3.05) is 12.4 Å². The molecule has 1 fully saturated rings. The first-order chi connectivity index (χ1) is 12.1. The van der Waals surface area contributed by atoms with Crippen molar-refractivity contribution in [2.45, 2.75) is 13.5 Å². The highest BCUT2D eigenvalue weighted by Gasteiger charge is 2.29. The average Bonchev–Trinajstić information content (AvgIpc) is 3.18. The van der Waals surface area contributed by atoms with Crippen molar-refractivity contribution in [1.29, 1.82) is 0 Å². The fraction of sp³-hybridized carbons (Fsp3) is 0.250. The van der Waals surface area contributed by atoms with Crippen molar-refractivity contribution in [3.05, 3.63) is 45.7 Å². The van der Waals surface area contributed by atoms with E-state index >= 15 is 0 Å². The number of hydrogen-bond donors (Lipinski definition) is 0. The number of hydrogen-bond acceptors (Lipinski definition) is 7. The van der Waals surface area contributed by atoms with Crippen LogP contribution in [0.3, 0.4) is 0 Å². The molecule has 1 aromatic carbocycles. The van der Waals surface area contributed by atoms with Gasteiger partial charge in [0.1, 0.15) is 6.54 Å². The molecule has 25 heavy (non-hydrogen) atoms. The highest BCUT2D eigenvalue weighted by atomic mass is 79.9. The van der Waals surface area contributed by atoms with E-state index in [0.29, 0.717) is 16.8 Å². The van der Waals surface area contributed by atoms with Crippen molar-refractivity contribution in [3.63, 3.8) is 0 Å². The molecule has 0 unspecified atom stereocenters. The van der Waals surface area contributed by atoms with Crippen molar-refractivity contribution >= 4 is 39.6 Å². The standard InChI is InChI=1S/C16H14BrN3O4S/c1-2-23-15(22)7-14-20(13(21)9-25-14)8-12-18-19-16(24-12)10-3-5-11(17)6-4-10/h3-7H,2,8-9H2,1H3/b14-7-. The maximum Gasteiger partial charge on any atom is 0.333 e. The number of esters is 1. The summed E-state index contributed by atoms with van der Waals surface area (Å²) in [7, 11) is 0. The number of carbonyl (C=O) groups is 2. The number of rotatable bonds is 5. The Labute approximate surface area is 156 Å². The van der Waals surface area contributed by atoms with Gasteiger partial charge < -0.3 is 9.15 Å². The lowest BCUT2D eigenvalue weighted by atomic mass is 10.2. The summed E-state index contributed by atoms with van der Waals surface area (Å²) in [4.78, 5) is 25.1. The third-order valence-corrected chi connectivity index (χ3v) is 4.84.